The summed E-state index contributed by atoms with van der Waals surface area (Å²) in [7, 11) is 0. The number of aryl methyl sites for hydroxylation is 2. The van der Waals surface area contributed by atoms with Crippen molar-refractivity contribution < 1.29 is 9.26 Å². The van der Waals surface area contributed by atoms with E-state index in [1.165, 1.54) is 0 Å². The fourth-order valence-electron chi connectivity index (χ4n) is 4.58. The summed E-state index contributed by atoms with van der Waals surface area (Å²) in [4.78, 5) is 25.6. The Morgan fingerprint density at radius 2 is 1.83 bits per heavy atom. The largest absolute Gasteiger partial charge is 0.379 e. The highest BCUT2D eigenvalue weighted by Crippen LogP contribution is 2.28. The van der Waals surface area contributed by atoms with Crippen LogP contribution in [-0.4, -0.2) is 64.0 Å². The van der Waals surface area contributed by atoms with Gasteiger partial charge in [-0.15, -0.1) is 0 Å². The summed E-state index contributed by atoms with van der Waals surface area (Å²) in [5.41, 5.74) is 4.31. The summed E-state index contributed by atoms with van der Waals surface area (Å²) >= 11 is 0. The number of nitrogens with zero attached hydrogens (tertiary/aromatic N) is 5. The Kier molecular flexibility index (Phi) is 6.61. The van der Waals surface area contributed by atoms with Crippen LogP contribution in [-0.2, 0) is 4.74 Å². The molecule has 0 amide bonds. The van der Waals surface area contributed by atoms with Gasteiger partial charge in [-0.2, -0.15) is 0 Å². The van der Waals surface area contributed by atoms with Crippen LogP contribution in [0, 0.1) is 13.8 Å². The highest BCUT2D eigenvalue weighted by atomic mass is 16.5. The highest BCUT2D eigenvalue weighted by Gasteiger charge is 2.21. The fraction of sp³-hybridized carbons (Fsp3) is 0.385. The minimum absolute atomic E-state index is 0.195. The molecule has 1 saturated heterocycles. The van der Waals surface area contributed by atoms with Crippen LogP contribution in [0.1, 0.15) is 30.0 Å². The Hall–Kier alpha value is -3.56. The van der Waals surface area contributed by atoms with Crippen molar-refractivity contribution in [3.8, 4) is 11.3 Å². The van der Waals surface area contributed by atoms with Gasteiger partial charge in [0.25, 0.3) is 5.56 Å². The van der Waals surface area contributed by atoms with Gasteiger partial charge in [-0.25, -0.2) is 9.97 Å². The molecule has 1 atom stereocenters. The Morgan fingerprint density at radius 3 is 2.54 bits per heavy atom. The maximum atomic E-state index is 13.7. The predicted molar refractivity (Wildman–Crippen MR) is 135 cm³/mol. The van der Waals surface area contributed by atoms with Crippen molar-refractivity contribution in [1.82, 2.24) is 24.6 Å². The van der Waals surface area contributed by atoms with E-state index in [1.54, 1.807) is 4.57 Å². The number of rotatable bonds is 7. The summed E-state index contributed by atoms with van der Waals surface area (Å²) < 4.78 is 12.5. The minimum atomic E-state index is -0.235. The van der Waals surface area contributed by atoms with Gasteiger partial charge in [0.1, 0.15) is 11.3 Å². The second-order valence-corrected chi connectivity index (χ2v) is 8.84. The number of hydrogen-bond donors (Lipinski definition) is 1. The van der Waals surface area contributed by atoms with Crippen LogP contribution in [0.25, 0.3) is 22.4 Å². The molecular weight excluding hydrogens is 444 g/mol. The quantitative estimate of drug-likeness (QED) is 0.435. The van der Waals surface area contributed by atoms with Gasteiger partial charge in [-0.05, 0) is 38.5 Å². The van der Waals surface area contributed by atoms with Gasteiger partial charge in [0, 0.05) is 26.2 Å². The molecule has 1 aliphatic heterocycles. The normalized spacial score (nSPS) is 15.4. The molecule has 35 heavy (non-hydrogen) atoms. The molecular formula is C26H30N6O3. The van der Waals surface area contributed by atoms with Crippen LogP contribution in [0.4, 0.5) is 5.82 Å². The van der Waals surface area contributed by atoms with E-state index >= 15 is 0 Å². The third-order valence-corrected chi connectivity index (χ3v) is 6.52. The standard InChI is InChI=1S/C26H30N6O3/c1-17-23(19(3)35-30-17)21-9-10-22-25(29-21)32(18(2)20-7-5-4-6-8-20)26(33)24(28-22)27-11-12-31-13-15-34-16-14-31/h4-10,18H,11-16H2,1-3H3,(H,27,28)/t18-/m0/s1. The molecule has 9 nitrogen and oxygen atoms in total. The molecule has 0 radical (unpaired) electrons. The van der Waals surface area contributed by atoms with Crippen molar-refractivity contribution >= 4 is 17.0 Å². The Morgan fingerprint density at radius 1 is 1.06 bits per heavy atom. The van der Waals surface area contributed by atoms with Crippen LogP contribution >= 0.6 is 0 Å². The van der Waals surface area contributed by atoms with E-state index in [2.05, 4.69) is 20.4 Å². The average Bonchev–Trinajstić information content (AvgIpc) is 3.22. The van der Waals surface area contributed by atoms with Crippen molar-refractivity contribution in [2.45, 2.75) is 26.8 Å². The third kappa shape index (κ3) is 4.69. The van der Waals surface area contributed by atoms with Crippen LogP contribution in [0.5, 0.6) is 0 Å². The van der Waals surface area contributed by atoms with Crippen molar-refractivity contribution in [3.05, 3.63) is 69.8 Å². The predicted octanol–water partition coefficient (Wildman–Crippen LogP) is 3.42. The molecule has 9 heteroatoms. The molecule has 1 aliphatic rings. The van der Waals surface area contributed by atoms with E-state index in [0.717, 1.165) is 49.7 Å². The van der Waals surface area contributed by atoms with E-state index in [9.17, 15) is 4.79 Å². The SMILES string of the molecule is Cc1noc(C)c1-c1ccc2nc(NCCN3CCOCC3)c(=O)n([C@@H](C)c3ccccc3)c2n1. The van der Waals surface area contributed by atoms with Crippen LogP contribution in [0.2, 0.25) is 0 Å². The monoisotopic (exact) mass is 474 g/mol. The zero-order chi connectivity index (χ0) is 24.4. The van der Waals surface area contributed by atoms with Crippen molar-refractivity contribution in [2.24, 2.45) is 0 Å². The molecule has 0 bridgehead atoms. The lowest BCUT2D eigenvalue weighted by molar-refractivity contribution is 0.0398. The second-order valence-electron chi connectivity index (χ2n) is 8.84. The number of benzene rings is 1. The van der Waals surface area contributed by atoms with Gasteiger partial charge in [0.15, 0.2) is 11.5 Å². The molecule has 0 unspecified atom stereocenters. The fourth-order valence-corrected chi connectivity index (χ4v) is 4.58. The van der Waals surface area contributed by atoms with Gasteiger partial charge >= 0.3 is 0 Å². The number of morpholine rings is 1. The number of nitrogens with one attached hydrogen (secondary N) is 1. The van der Waals surface area contributed by atoms with Gasteiger partial charge in [0.05, 0.1) is 36.2 Å². The van der Waals surface area contributed by atoms with Crippen molar-refractivity contribution in [3.63, 3.8) is 0 Å². The molecule has 182 valence electrons. The topological polar surface area (TPSA) is 98.3 Å². The van der Waals surface area contributed by atoms with Gasteiger partial charge in [-0.3, -0.25) is 14.3 Å². The zero-order valence-corrected chi connectivity index (χ0v) is 20.3. The van der Waals surface area contributed by atoms with Gasteiger partial charge < -0.3 is 14.6 Å². The first kappa shape index (κ1) is 23.2. The molecule has 3 aromatic heterocycles. The molecule has 1 fully saturated rings. The zero-order valence-electron chi connectivity index (χ0n) is 20.3. The number of pyridine rings is 1. The molecule has 1 aromatic carbocycles. The number of hydrogen-bond acceptors (Lipinski definition) is 8. The maximum Gasteiger partial charge on any atom is 0.295 e. The molecule has 5 rings (SSSR count). The lowest BCUT2D eigenvalue weighted by atomic mass is 10.1. The Balaban J connectivity index is 1.57. The number of anilines is 1. The van der Waals surface area contributed by atoms with E-state index < -0.39 is 0 Å². The second kappa shape index (κ2) is 9.97. The molecule has 0 aliphatic carbocycles. The molecule has 4 aromatic rings. The number of ether oxygens (including phenoxy) is 1. The number of fused-ring (bicyclic) bond motifs is 1. The van der Waals surface area contributed by atoms with Gasteiger partial charge in [-0.1, -0.05) is 35.5 Å². The van der Waals surface area contributed by atoms with Crippen LogP contribution < -0.4 is 10.9 Å². The first-order chi connectivity index (χ1) is 17.0. The van der Waals surface area contributed by atoms with Crippen LogP contribution in [0.3, 0.4) is 0 Å². The first-order valence-corrected chi connectivity index (χ1v) is 12.0. The lowest BCUT2D eigenvalue weighted by Crippen LogP contribution is -2.39. The van der Waals surface area contributed by atoms with Gasteiger partial charge in [0.2, 0.25) is 0 Å². The summed E-state index contributed by atoms with van der Waals surface area (Å²) in [6, 6.07) is 13.5. The highest BCUT2D eigenvalue weighted by molar-refractivity contribution is 5.77. The first-order valence-electron chi connectivity index (χ1n) is 12.0. The van der Waals surface area contributed by atoms with Crippen molar-refractivity contribution in [2.75, 3.05) is 44.7 Å². The minimum Gasteiger partial charge on any atom is -0.379 e. The van der Waals surface area contributed by atoms with E-state index in [4.69, 9.17) is 14.2 Å². The van der Waals surface area contributed by atoms with Crippen molar-refractivity contribution in [1.29, 1.82) is 0 Å². The summed E-state index contributed by atoms with van der Waals surface area (Å²) in [5, 5.41) is 7.34. The Bertz CT molecular complexity index is 1360. The summed E-state index contributed by atoms with van der Waals surface area (Å²) in [6.07, 6.45) is 0. The summed E-state index contributed by atoms with van der Waals surface area (Å²) in [6.45, 7) is 10.5. The smallest absolute Gasteiger partial charge is 0.295 e. The lowest BCUT2D eigenvalue weighted by Gasteiger charge is -2.26. The van der Waals surface area contributed by atoms with Crippen LogP contribution in [0.15, 0.2) is 51.8 Å². The third-order valence-electron chi connectivity index (χ3n) is 6.52. The number of aromatic nitrogens is 4. The molecule has 0 spiro atoms. The molecule has 4 heterocycles. The molecule has 1 N–H and O–H groups in total. The summed E-state index contributed by atoms with van der Waals surface area (Å²) in [5.74, 6) is 1.02. The Labute approximate surface area is 203 Å². The van der Waals surface area contributed by atoms with E-state index in [1.807, 2.05) is 63.2 Å². The van der Waals surface area contributed by atoms with E-state index in [0.29, 0.717) is 35.0 Å². The molecule has 0 saturated carbocycles. The van der Waals surface area contributed by atoms with E-state index in [-0.39, 0.29) is 11.6 Å². The maximum absolute atomic E-state index is 13.7. The average molecular weight is 475 g/mol.